The maximum absolute atomic E-state index is 9.61. The van der Waals surface area contributed by atoms with E-state index >= 15 is 0 Å². The zero-order valence-corrected chi connectivity index (χ0v) is 17.0. The van der Waals surface area contributed by atoms with Crippen LogP contribution in [0.15, 0.2) is 97.1 Å². The smallest absolute Gasteiger partial charge is 0.0998 e. The van der Waals surface area contributed by atoms with Gasteiger partial charge >= 0.3 is 0 Å². The third-order valence-electron chi connectivity index (χ3n) is 5.18. The topological polar surface area (TPSA) is 56.8 Å². The van der Waals surface area contributed by atoms with Gasteiger partial charge in [-0.25, -0.2) is 0 Å². The lowest BCUT2D eigenvalue weighted by Gasteiger charge is -2.15. The second kappa shape index (κ2) is 9.55. The molecule has 0 aliphatic carbocycles. The molecular weight excluding hydrogens is 380 g/mol. The first-order chi connectivity index (χ1) is 15.3. The average Bonchev–Trinajstić information content (AvgIpc) is 2.84. The molecule has 0 fully saturated rings. The molecule has 4 rings (SSSR count). The van der Waals surface area contributed by atoms with E-state index in [9.17, 15) is 10.5 Å². The molecule has 0 saturated heterocycles. The average molecular weight is 400 g/mol. The van der Waals surface area contributed by atoms with Gasteiger partial charge in [0.05, 0.1) is 36.5 Å². The third-order valence-corrected chi connectivity index (χ3v) is 5.18. The molecule has 3 nitrogen and oxygen atoms in total. The molecule has 0 N–H and O–H groups in total. The van der Waals surface area contributed by atoms with Crippen LogP contribution < -0.4 is 0 Å². The molecule has 0 spiro atoms. The summed E-state index contributed by atoms with van der Waals surface area (Å²) in [7, 11) is 0. The van der Waals surface area contributed by atoms with Crippen molar-refractivity contribution in [1.29, 1.82) is 10.5 Å². The predicted molar refractivity (Wildman–Crippen MR) is 122 cm³/mol. The van der Waals surface area contributed by atoms with Crippen LogP contribution in [-0.4, -0.2) is 0 Å². The lowest BCUT2D eigenvalue weighted by molar-refractivity contribution is 0.108. The van der Waals surface area contributed by atoms with Crippen molar-refractivity contribution in [3.8, 4) is 34.4 Å². The molecule has 0 radical (unpaired) electrons. The zero-order valence-electron chi connectivity index (χ0n) is 17.0. The molecule has 31 heavy (non-hydrogen) atoms. The van der Waals surface area contributed by atoms with E-state index in [1.54, 1.807) is 0 Å². The molecule has 4 aromatic rings. The molecule has 0 unspecified atom stereocenters. The highest BCUT2D eigenvalue weighted by atomic mass is 16.5. The Morgan fingerprint density at radius 1 is 0.516 bits per heavy atom. The molecule has 0 aliphatic rings. The van der Waals surface area contributed by atoms with Gasteiger partial charge in [-0.3, -0.25) is 0 Å². The number of hydrogen-bond acceptors (Lipinski definition) is 3. The van der Waals surface area contributed by atoms with Crippen molar-refractivity contribution < 1.29 is 4.74 Å². The van der Waals surface area contributed by atoms with E-state index in [0.717, 1.165) is 33.4 Å². The summed E-state index contributed by atoms with van der Waals surface area (Å²) in [6.45, 7) is 0.732. The van der Waals surface area contributed by atoms with Crippen molar-refractivity contribution in [3.63, 3.8) is 0 Å². The molecule has 0 aromatic heterocycles. The van der Waals surface area contributed by atoms with Crippen molar-refractivity contribution in [2.75, 3.05) is 0 Å². The molecule has 0 aliphatic heterocycles. The quantitative estimate of drug-likeness (QED) is 0.372. The Balaban J connectivity index is 1.62. The zero-order chi connectivity index (χ0) is 21.5. The second-order valence-electron chi connectivity index (χ2n) is 7.13. The Kier molecular flexibility index (Phi) is 6.19. The molecule has 3 heteroatoms. The fraction of sp³-hybridized carbons (Fsp3) is 0.0714. The summed E-state index contributed by atoms with van der Waals surface area (Å²) in [6, 6.07) is 35.8. The fourth-order valence-corrected chi connectivity index (χ4v) is 3.79. The molecule has 0 saturated carbocycles. The van der Waals surface area contributed by atoms with Gasteiger partial charge in [-0.05, 0) is 34.4 Å². The number of hydrogen-bond donors (Lipinski definition) is 0. The normalized spacial score (nSPS) is 10.3. The molecule has 0 amide bonds. The van der Waals surface area contributed by atoms with Crippen molar-refractivity contribution in [1.82, 2.24) is 0 Å². The van der Waals surface area contributed by atoms with Gasteiger partial charge in [-0.2, -0.15) is 10.5 Å². The fourth-order valence-electron chi connectivity index (χ4n) is 3.79. The Hall–Kier alpha value is -4.18. The van der Waals surface area contributed by atoms with Gasteiger partial charge in [0.2, 0.25) is 0 Å². The van der Waals surface area contributed by atoms with Crippen LogP contribution >= 0.6 is 0 Å². The Bertz CT molecular complexity index is 1170. The standard InChI is InChI=1S/C28H20N2O/c29-17-23-13-7-15-25(27(23)21-9-3-1-4-10-21)19-31-20-26-16-8-14-24(18-30)28(26)22-11-5-2-6-12-22/h1-16H,19-20H2. The van der Waals surface area contributed by atoms with E-state index in [2.05, 4.69) is 12.1 Å². The van der Waals surface area contributed by atoms with E-state index in [1.807, 2.05) is 97.1 Å². The molecule has 0 heterocycles. The highest BCUT2D eigenvalue weighted by Crippen LogP contribution is 2.30. The lowest BCUT2D eigenvalue weighted by Crippen LogP contribution is -2.00. The van der Waals surface area contributed by atoms with Gasteiger partial charge in [0, 0.05) is 11.1 Å². The van der Waals surface area contributed by atoms with Gasteiger partial charge in [0.25, 0.3) is 0 Å². The largest absolute Gasteiger partial charge is 0.372 e. The molecular formula is C28H20N2O. The van der Waals surface area contributed by atoms with Gasteiger partial charge < -0.3 is 4.74 Å². The summed E-state index contributed by atoms with van der Waals surface area (Å²) in [5.41, 5.74) is 6.97. The number of benzene rings is 4. The maximum atomic E-state index is 9.61. The number of nitriles is 2. The monoisotopic (exact) mass is 400 g/mol. The van der Waals surface area contributed by atoms with Crippen LogP contribution in [0.2, 0.25) is 0 Å². The minimum absolute atomic E-state index is 0.366. The SMILES string of the molecule is N#Cc1cccc(COCc2cccc(C#N)c2-c2ccccc2)c1-c1ccccc1. The highest BCUT2D eigenvalue weighted by molar-refractivity contribution is 5.75. The summed E-state index contributed by atoms with van der Waals surface area (Å²) in [4.78, 5) is 0. The van der Waals surface area contributed by atoms with Crippen molar-refractivity contribution >= 4 is 0 Å². The van der Waals surface area contributed by atoms with Crippen LogP contribution in [0.4, 0.5) is 0 Å². The second-order valence-corrected chi connectivity index (χ2v) is 7.13. The van der Waals surface area contributed by atoms with Crippen molar-refractivity contribution in [3.05, 3.63) is 119 Å². The minimum Gasteiger partial charge on any atom is -0.372 e. The third kappa shape index (κ3) is 4.38. The first-order valence-electron chi connectivity index (χ1n) is 10.0. The predicted octanol–water partition coefficient (Wildman–Crippen LogP) is 6.48. The van der Waals surface area contributed by atoms with Gasteiger partial charge in [0.1, 0.15) is 0 Å². The Labute approximate surface area is 182 Å². The first-order valence-corrected chi connectivity index (χ1v) is 10.0. The van der Waals surface area contributed by atoms with Gasteiger partial charge in [0.15, 0.2) is 0 Å². The summed E-state index contributed by atoms with van der Waals surface area (Å²) < 4.78 is 6.11. The van der Waals surface area contributed by atoms with E-state index < -0.39 is 0 Å². The number of ether oxygens (including phenoxy) is 1. The van der Waals surface area contributed by atoms with Gasteiger partial charge in [-0.15, -0.1) is 0 Å². The summed E-state index contributed by atoms with van der Waals surface area (Å²) in [5.74, 6) is 0. The van der Waals surface area contributed by atoms with Crippen LogP contribution in [-0.2, 0) is 18.0 Å². The Morgan fingerprint density at radius 2 is 0.935 bits per heavy atom. The van der Waals surface area contributed by atoms with E-state index in [1.165, 1.54) is 0 Å². The molecule has 148 valence electrons. The number of nitrogens with zero attached hydrogens (tertiary/aromatic N) is 2. The van der Waals surface area contributed by atoms with Crippen molar-refractivity contribution in [2.24, 2.45) is 0 Å². The van der Waals surface area contributed by atoms with E-state index in [-0.39, 0.29) is 0 Å². The summed E-state index contributed by atoms with van der Waals surface area (Å²) in [6.07, 6.45) is 0. The number of rotatable bonds is 6. The summed E-state index contributed by atoms with van der Waals surface area (Å²) in [5, 5.41) is 19.2. The van der Waals surface area contributed by atoms with E-state index in [0.29, 0.717) is 24.3 Å². The molecule has 4 aromatic carbocycles. The van der Waals surface area contributed by atoms with E-state index in [4.69, 9.17) is 4.74 Å². The van der Waals surface area contributed by atoms with Crippen LogP contribution in [0.1, 0.15) is 22.3 Å². The van der Waals surface area contributed by atoms with Crippen LogP contribution in [0.25, 0.3) is 22.3 Å². The van der Waals surface area contributed by atoms with Crippen molar-refractivity contribution in [2.45, 2.75) is 13.2 Å². The first kappa shape index (κ1) is 20.1. The highest BCUT2D eigenvalue weighted by Gasteiger charge is 2.13. The van der Waals surface area contributed by atoms with Gasteiger partial charge in [-0.1, -0.05) is 84.9 Å². The maximum Gasteiger partial charge on any atom is 0.0998 e. The molecule has 0 bridgehead atoms. The minimum atomic E-state index is 0.366. The van der Waals surface area contributed by atoms with Crippen LogP contribution in [0.5, 0.6) is 0 Å². The lowest BCUT2D eigenvalue weighted by atomic mass is 9.94. The van der Waals surface area contributed by atoms with Crippen LogP contribution in [0, 0.1) is 22.7 Å². The Morgan fingerprint density at radius 3 is 1.32 bits per heavy atom. The summed E-state index contributed by atoms with van der Waals surface area (Å²) >= 11 is 0. The molecule has 0 atom stereocenters. The van der Waals surface area contributed by atoms with Crippen LogP contribution in [0.3, 0.4) is 0 Å².